The van der Waals surface area contributed by atoms with Gasteiger partial charge in [-0.25, -0.2) is 4.98 Å². The Morgan fingerprint density at radius 2 is 2.00 bits per heavy atom. The maximum atomic E-state index is 4.29. The van der Waals surface area contributed by atoms with Gasteiger partial charge < -0.3 is 9.47 Å². The van der Waals surface area contributed by atoms with Crippen LogP contribution in [0.1, 0.15) is 25.1 Å². The van der Waals surface area contributed by atoms with Crippen LogP contribution < -0.4 is 4.90 Å². The highest BCUT2D eigenvalue weighted by molar-refractivity contribution is 5.55. The van der Waals surface area contributed by atoms with Crippen LogP contribution in [0, 0.1) is 12.8 Å². The lowest BCUT2D eigenvalue weighted by Crippen LogP contribution is -2.34. The minimum absolute atomic E-state index is 0.665. The summed E-state index contributed by atoms with van der Waals surface area (Å²) in [7, 11) is 2.18. The lowest BCUT2D eigenvalue weighted by Gasteiger charge is -2.33. The molecular weight excluding hydrogens is 246 g/mol. The van der Waals surface area contributed by atoms with Gasteiger partial charge in [0.1, 0.15) is 0 Å². The Morgan fingerprint density at radius 1 is 1.25 bits per heavy atom. The first-order valence-corrected chi connectivity index (χ1v) is 7.50. The Hall–Kier alpha value is -1.77. The number of hydrogen-bond acceptors (Lipinski definition) is 2. The number of fused-ring (bicyclic) bond motifs is 1. The summed E-state index contributed by atoms with van der Waals surface area (Å²) in [6, 6.07) is 8.72. The molecule has 1 aliphatic heterocycles. The molecule has 2 heterocycles. The van der Waals surface area contributed by atoms with Crippen LogP contribution in [0.5, 0.6) is 0 Å². The van der Waals surface area contributed by atoms with Gasteiger partial charge in [0.15, 0.2) is 0 Å². The fraction of sp³-hybridized carbons (Fsp3) is 0.471. The molecule has 3 nitrogen and oxygen atoms in total. The zero-order chi connectivity index (χ0) is 14.5. The van der Waals surface area contributed by atoms with Crippen molar-refractivity contribution in [3.63, 3.8) is 0 Å². The van der Waals surface area contributed by atoms with Gasteiger partial charge in [0.25, 0.3) is 0 Å². The molecule has 108 valence electrons. The number of hydrogen-bond donors (Lipinski definition) is 0. The molecule has 1 aliphatic rings. The summed E-state index contributed by atoms with van der Waals surface area (Å²) in [6.07, 6.45) is 5.23. The van der Waals surface area contributed by atoms with Crippen LogP contribution in [0.15, 0.2) is 36.8 Å². The fourth-order valence-corrected chi connectivity index (χ4v) is 2.91. The van der Waals surface area contributed by atoms with Crippen molar-refractivity contribution in [3.8, 4) is 0 Å². The number of benzene rings is 1. The van der Waals surface area contributed by atoms with Crippen molar-refractivity contribution in [3.05, 3.63) is 48.0 Å². The quantitative estimate of drug-likeness (QED) is 0.833. The molecule has 1 unspecified atom stereocenters. The number of rotatable bonds is 2. The Morgan fingerprint density at radius 3 is 2.70 bits per heavy atom. The summed E-state index contributed by atoms with van der Waals surface area (Å²) in [6.45, 7) is 8.21. The van der Waals surface area contributed by atoms with Gasteiger partial charge in [0, 0.05) is 32.0 Å². The number of para-hydroxylation sites is 1. The van der Waals surface area contributed by atoms with Gasteiger partial charge in [0.05, 0.1) is 12.0 Å². The summed E-state index contributed by atoms with van der Waals surface area (Å²) >= 11 is 0. The molecule has 3 rings (SSSR count). The van der Waals surface area contributed by atoms with E-state index in [4.69, 9.17) is 0 Å². The molecule has 0 bridgehead atoms. The molecule has 0 spiro atoms. The third kappa shape index (κ3) is 3.21. The van der Waals surface area contributed by atoms with Crippen LogP contribution in [0.25, 0.3) is 0 Å². The second kappa shape index (κ2) is 6.60. The van der Waals surface area contributed by atoms with E-state index in [0.29, 0.717) is 5.92 Å². The lowest BCUT2D eigenvalue weighted by molar-refractivity contribution is 0.430. The van der Waals surface area contributed by atoms with E-state index in [-0.39, 0.29) is 0 Å². The second-order valence-electron chi connectivity index (χ2n) is 5.29. The van der Waals surface area contributed by atoms with Gasteiger partial charge in [-0.15, -0.1) is 0 Å². The van der Waals surface area contributed by atoms with Crippen LogP contribution >= 0.6 is 0 Å². The summed E-state index contributed by atoms with van der Waals surface area (Å²) in [5, 5.41) is 0. The van der Waals surface area contributed by atoms with Crippen molar-refractivity contribution in [2.45, 2.75) is 33.7 Å². The molecule has 3 heteroatoms. The Labute approximate surface area is 122 Å². The summed E-state index contributed by atoms with van der Waals surface area (Å²) in [5.41, 5.74) is 3.95. The molecule has 1 atom stereocenters. The molecule has 1 aromatic carbocycles. The molecular formula is C17H25N3. The molecule has 2 aromatic rings. The summed E-state index contributed by atoms with van der Waals surface area (Å²) in [5.74, 6) is 0.665. The molecule has 0 N–H and O–H groups in total. The lowest BCUT2D eigenvalue weighted by atomic mass is 9.93. The summed E-state index contributed by atoms with van der Waals surface area (Å²) < 4.78 is 2.21. The predicted octanol–water partition coefficient (Wildman–Crippen LogP) is 3.53. The van der Waals surface area contributed by atoms with E-state index in [1.54, 1.807) is 0 Å². The highest BCUT2D eigenvalue weighted by Gasteiger charge is 2.21. The molecule has 0 amide bonds. The average molecular weight is 271 g/mol. The summed E-state index contributed by atoms with van der Waals surface area (Å²) in [4.78, 5) is 6.66. The normalized spacial score (nSPS) is 17.2. The largest absolute Gasteiger partial charge is 0.374 e. The van der Waals surface area contributed by atoms with Gasteiger partial charge in [-0.1, -0.05) is 32.0 Å². The van der Waals surface area contributed by atoms with Gasteiger partial charge in [-0.2, -0.15) is 0 Å². The van der Waals surface area contributed by atoms with E-state index in [0.717, 1.165) is 25.2 Å². The van der Waals surface area contributed by atoms with E-state index in [1.165, 1.54) is 11.3 Å². The SMILES string of the molecule is CC.Cc1cn(CC2Cc3ccccc3N(C)C2)cn1. The van der Waals surface area contributed by atoms with Gasteiger partial charge >= 0.3 is 0 Å². The van der Waals surface area contributed by atoms with Crippen molar-refractivity contribution in [1.29, 1.82) is 0 Å². The number of nitrogens with zero attached hydrogens (tertiary/aromatic N) is 3. The number of anilines is 1. The molecule has 0 fully saturated rings. The first-order chi connectivity index (χ1) is 9.72. The van der Waals surface area contributed by atoms with Crippen molar-refractivity contribution in [2.75, 3.05) is 18.5 Å². The second-order valence-corrected chi connectivity index (χ2v) is 5.29. The molecule has 0 saturated carbocycles. The topological polar surface area (TPSA) is 21.1 Å². The monoisotopic (exact) mass is 271 g/mol. The maximum absolute atomic E-state index is 4.29. The van der Waals surface area contributed by atoms with Crippen LogP contribution in [-0.4, -0.2) is 23.1 Å². The molecule has 1 aromatic heterocycles. The minimum Gasteiger partial charge on any atom is -0.374 e. The van der Waals surface area contributed by atoms with Gasteiger partial charge in [-0.3, -0.25) is 0 Å². The molecule has 0 saturated heterocycles. The van der Waals surface area contributed by atoms with E-state index in [1.807, 2.05) is 27.1 Å². The van der Waals surface area contributed by atoms with Gasteiger partial charge in [-0.05, 0) is 30.9 Å². The van der Waals surface area contributed by atoms with Crippen molar-refractivity contribution in [2.24, 2.45) is 5.92 Å². The van der Waals surface area contributed by atoms with Gasteiger partial charge in [0.2, 0.25) is 0 Å². The van der Waals surface area contributed by atoms with Crippen LogP contribution in [0.2, 0.25) is 0 Å². The minimum atomic E-state index is 0.665. The van der Waals surface area contributed by atoms with Crippen LogP contribution in [0.4, 0.5) is 5.69 Å². The molecule has 0 aliphatic carbocycles. The fourth-order valence-electron chi connectivity index (χ4n) is 2.91. The number of aryl methyl sites for hydroxylation is 1. The van der Waals surface area contributed by atoms with Crippen molar-refractivity contribution >= 4 is 5.69 Å². The molecule has 0 radical (unpaired) electrons. The average Bonchev–Trinajstić information content (AvgIpc) is 2.86. The van der Waals surface area contributed by atoms with Crippen LogP contribution in [0.3, 0.4) is 0 Å². The first kappa shape index (κ1) is 14.6. The highest BCUT2D eigenvalue weighted by atomic mass is 15.1. The Bertz CT molecular complexity index is 545. The number of aromatic nitrogens is 2. The van der Waals surface area contributed by atoms with E-state index >= 15 is 0 Å². The van der Waals surface area contributed by atoms with Crippen molar-refractivity contribution in [1.82, 2.24) is 9.55 Å². The highest BCUT2D eigenvalue weighted by Crippen LogP contribution is 2.28. The van der Waals surface area contributed by atoms with Crippen molar-refractivity contribution < 1.29 is 0 Å². The standard InChI is InChI=1S/C15H19N3.C2H6/c1-12-8-18(11-16-12)10-13-7-14-5-3-4-6-15(14)17(2)9-13;1-2/h3-6,8,11,13H,7,9-10H2,1-2H3;1-2H3. The third-order valence-electron chi connectivity index (χ3n) is 3.67. The van der Waals surface area contributed by atoms with Crippen LogP contribution in [-0.2, 0) is 13.0 Å². The predicted molar refractivity (Wildman–Crippen MR) is 85.2 cm³/mol. The Kier molecular flexibility index (Phi) is 4.83. The molecule has 20 heavy (non-hydrogen) atoms. The third-order valence-corrected chi connectivity index (χ3v) is 3.67. The zero-order valence-corrected chi connectivity index (χ0v) is 13.0. The maximum Gasteiger partial charge on any atom is 0.0949 e. The Balaban J connectivity index is 0.000000704. The zero-order valence-electron chi connectivity index (χ0n) is 13.0. The van der Waals surface area contributed by atoms with E-state index in [9.17, 15) is 0 Å². The number of imidazole rings is 1. The smallest absolute Gasteiger partial charge is 0.0949 e. The van der Waals surface area contributed by atoms with E-state index in [2.05, 4.69) is 52.0 Å². The first-order valence-electron chi connectivity index (χ1n) is 7.50. The van der Waals surface area contributed by atoms with E-state index < -0.39 is 0 Å².